The molecule has 0 aromatic rings. The summed E-state index contributed by atoms with van der Waals surface area (Å²) in [6, 6.07) is 0. The smallest absolute Gasteiger partial charge is 0.313 e. The lowest BCUT2D eigenvalue weighted by Gasteiger charge is -2.24. The number of esters is 1. The van der Waals surface area contributed by atoms with E-state index in [4.69, 9.17) is 4.74 Å². The van der Waals surface area contributed by atoms with E-state index in [1.807, 2.05) is 0 Å². The Morgan fingerprint density at radius 2 is 2.25 bits per heavy atom. The second kappa shape index (κ2) is 6.24. The highest BCUT2D eigenvalue weighted by atomic mass is 16.5. The highest BCUT2D eigenvalue weighted by molar-refractivity contribution is 5.77. The van der Waals surface area contributed by atoms with Gasteiger partial charge in [0.05, 0.1) is 12.0 Å². The van der Waals surface area contributed by atoms with Crippen LogP contribution in [0.15, 0.2) is 0 Å². The van der Waals surface area contributed by atoms with Gasteiger partial charge in [-0.3, -0.25) is 4.79 Å². The maximum Gasteiger partial charge on any atom is 0.313 e. The van der Waals surface area contributed by atoms with Gasteiger partial charge in [-0.1, -0.05) is 20.8 Å². The van der Waals surface area contributed by atoms with Crippen LogP contribution in [0.1, 0.15) is 46.5 Å². The SMILES string of the molecule is CCC1(C(=O)OCCCC(C)C)CCNC1. The zero-order valence-corrected chi connectivity index (χ0v) is 10.8. The number of carbonyl (C=O) groups is 1. The molecule has 1 rings (SSSR count). The summed E-state index contributed by atoms with van der Waals surface area (Å²) in [6.45, 7) is 8.76. The van der Waals surface area contributed by atoms with E-state index in [-0.39, 0.29) is 11.4 Å². The summed E-state index contributed by atoms with van der Waals surface area (Å²) in [5.74, 6) is 0.691. The van der Waals surface area contributed by atoms with Crippen molar-refractivity contribution < 1.29 is 9.53 Å². The molecule has 1 atom stereocenters. The first-order valence-corrected chi connectivity index (χ1v) is 6.48. The summed E-state index contributed by atoms with van der Waals surface area (Å²) in [4.78, 5) is 12.0. The minimum Gasteiger partial charge on any atom is -0.465 e. The number of rotatable bonds is 6. The van der Waals surface area contributed by atoms with Gasteiger partial charge in [-0.25, -0.2) is 0 Å². The molecule has 1 aliphatic rings. The van der Waals surface area contributed by atoms with E-state index in [9.17, 15) is 4.79 Å². The maximum atomic E-state index is 12.0. The van der Waals surface area contributed by atoms with Crippen LogP contribution >= 0.6 is 0 Å². The third-order valence-corrected chi connectivity index (χ3v) is 3.51. The number of nitrogens with one attached hydrogen (secondary N) is 1. The lowest BCUT2D eigenvalue weighted by Crippen LogP contribution is -2.34. The van der Waals surface area contributed by atoms with E-state index in [2.05, 4.69) is 26.1 Å². The van der Waals surface area contributed by atoms with Gasteiger partial charge in [0.2, 0.25) is 0 Å². The molecule has 16 heavy (non-hydrogen) atoms. The topological polar surface area (TPSA) is 38.3 Å². The molecule has 0 radical (unpaired) electrons. The molecule has 1 saturated heterocycles. The molecule has 0 bridgehead atoms. The highest BCUT2D eigenvalue weighted by Gasteiger charge is 2.40. The van der Waals surface area contributed by atoms with Crippen LogP contribution in [0.25, 0.3) is 0 Å². The summed E-state index contributed by atoms with van der Waals surface area (Å²) in [5, 5.41) is 3.25. The van der Waals surface area contributed by atoms with Crippen molar-refractivity contribution in [3.63, 3.8) is 0 Å². The van der Waals surface area contributed by atoms with Crippen molar-refractivity contribution in [2.24, 2.45) is 11.3 Å². The highest BCUT2D eigenvalue weighted by Crippen LogP contribution is 2.30. The van der Waals surface area contributed by atoms with Crippen LogP contribution in [0.5, 0.6) is 0 Å². The Morgan fingerprint density at radius 1 is 1.50 bits per heavy atom. The van der Waals surface area contributed by atoms with Crippen molar-refractivity contribution in [1.29, 1.82) is 0 Å². The fourth-order valence-electron chi connectivity index (χ4n) is 2.17. The summed E-state index contributed by atoms with van der Waals surface area (Å²) < 4.78 is 5.39. The first kappa shape index (κ1) is 13.5. The molecule has 94 valence electrons. The van der Waals surface area contributed by atoms with Gasteiger partial charge in [0.15, 0.2) is 0 Å². The number of carbonyl (C=O) groups excluding carboxylic acids is 1. The van der Waals surface area contributed by atoms with Gasteiger partial charge in [-0.05, 0) is 38.1 Å². The van der Waals surface area contributed by atoms with Gasteiger partial charge in [0, 0.05) is 6.54 Å². The molecule has 0 saturated carbocycles. The zero-order valence-electron chi connectivity index (χ0n) is 10.8. The molecular weight excluding hydrogens is 202 g/mol. The molecule has 0 spiro atoms. The van der Waals surface area contributed by atoms with Gasteiger partial charge >= 0.3 is 5.97 Å². The average molecular weight is 227 g/mol. The Labute approximate surface area is 98.9 Å². The Morgan fingerprint density at radius 3 is 2.75 bits per heavy atom. The first-order valence-electron chi connectivity index (χ1n) is 6.48. The molecule has 3 nitrogen and oxygen atoms in total. The Bertz CT molecular complexity index is 220. The van der Waals surface area contributed by atoms with Crippen molar-refractivity contribution in [2.75, 3.05) is 19.7 Å². The molecule has 0 aromatic carbocycles. The van der Waals surface area contributed by atoms with Crippen molar-refractivity contribution in [3.8, 4) is 0 Å². The van der Waals surface area contributed by atoms with E-state index in [1.165, 1.54) is 0 Å². The van der Waals surface area contributed by atoms with Gasteiger partial charge in [0.25, 0.3) is 0 Å². The van der Waals surface area contributed by atoms with E-state index >= 15 is 0 Å². The largest absolute Gasteiger partial charge is 0.465 e. The van der Waals surface area contributed by atoms with Crippen LogP contribution < -0.4 is 5.32 Å². The van der Waals surface area contributed by atoms with E-state index < -0.39 is 0 Å². The fourth-order valence-corrected chi connectivity index (χ4v) is 2.17. The zero-order chi connectivity index (χ0) is 12.0. The summed E-state index contributed by atoms with van der Waals surface area (Å²) in [6.07, 6.45) is 3.91. The third kappa shape index (κ3) is 3.48. The lowest BCUT2D eigenvalue weighted by molar-refractivity contribution is -0.155. The summed E-state index contributed by atoms with van der Waals surface area (Å²) >= 11 is 0. The summed E-state index contributed by atoms with van der Waals surface area (Å²) in [7, 11) is 0. The summed E-state index contributed by atoms with van der Waals surface area (Å²) in [5.41, 5.74) is -0.238. The molecule has 0 aliphatic carbocycles. The predicted molar refractivity (Wildman–Crippen MR) is 65.2 cm³/mol. The van der Waals surface area contributed by atoms with Crippen LogP contribution in [0.2, 0.25) is 0 Å². The van der Waals surface area contributed by atoms with Crippen LogP contribution in [0, 0.1) is 11.3 Å². The first-order chi connectivity index (χ1) is 7.60. The molecule has 1 N–H and O–H groups in total. The molecule has 0 amide bonds. The molecule has 1 heterocycles. The second-order valence-corrected chi connectivity index (χ2v) is 5.23. The quantitative estimate of drug-likeness (QED) is 0.559. The van der Waals surface area contributed by atoms with Crippen LogP contribution in [-0.4, -0.2) is 25.7 Å². The van der Waals surface area contributed by atoms with Crippen molar-refractivity contribution in [2.45, 2.75) is 46.5 Å². The minimum atomic E-state index is -0.238. The number of ether oxygens (including phenoxy) is 1. The standard InChI is InChI=1S/C13H25NO2/c1-4-13(7-8-14-10-13)12(15)16-9-5-6-11(2)3/h11,14H,4-10H2,1-3H3. The lowest BCUT2D eigenvalue weighted by atomic mass is 9.84. The Kier molecular flexibility index (Phi) is 5.26. The van der Waals surface area contributed by atoms with Gasteiger partial charge in [-0.15, -0.1) is 0 Å². The van der Waals surface area contributed by atoms with Crippen molar-refractivity contribution >= 4 is 5.97 Å². The van der Waals surface area contributed by atoms with Gasteiger partial charge < -0.3 is 10.1 Å². The van der Waals surface area contributed by atoms with E-state index in [1.54, 1.807) is 0 Å². The van der Waals surface area contributed by atoms with Crippen LogP contribution in [0.4, 0.5) is 0 Å². The molecular formula is C13H25NO2. The van der Waals surface area contributed by atoms with Crippen LogP contribution in [-0.2, 0) is 9.53 Å². The van der Waals surface area contributed by atoms with Crippen molar-refractivity contribution in [3.05, 3.63) is 0 Å². The minimum absolute atomic E-state index is 0.00348. The van der Waals surface area contributed by atoms with E-state index in [0.29, 0.717) is 12.5 Å². The number of hydrogen-bond donors (Lipinski definition) is 1. The van der Waals surface area contributed by atoms with Gasteiger partial charge in [0.1, 0.15) is 0 Å². The van der Waals surface area contributed by atoms with Crippen LogP contribution in [0.3, 0.4) is 0 Å². The third-order valence-electron chi connectivity index (χ3n) is 3.51. The van der Waals surface area contributed by atoms with Gasteiger partial charge in [-0.2, -0.15) is 0 Å². The maximum absolute atomic E-state index is 12.0. The molecule has 3 heteroatoms. The van der Waals surface area contributed by atoms with E-state index in [0.717, 1.165) is 38.8 Å². The normalized spacial score (nSPS) is 25.0. The Hall–Kier alpha value is -0.570. The molecule has 1 unspecified atom stereocenters. The average Bonchev–Trinajstić information content (AvgIpc) is 2.73. The molecule has 1 fully saturated rings. The number of hydrogen-bond acceptors (Lipinski definition) is 3. The van der Waals surface area contributed by atoms with Crippen molar-refractivity contribution in [1.82, 2.24) is 5.32 Å². The second-order valence-electron chi connectivity index (χ2n) is 5.23. The fraction of sp³-hybridized carbons (Fsp3) is 0.923. The monoisotopic (exact) mass is 227 g/mol. The molecule has 0 aromatic heterocycles. The predicted octanol–water partition coefficient (Wildman–Crippen LogP) is 2.36. The molecule has 1 aliphatic heterocycles. The Balaban J connectivity index is 2.28.